The molecule has 1 aliphatic heterocycles. The first kappa shape index (κ1) is 10.4. The number of rotatable bonds is 2. The molecule has 0 N–H and O–H groups in total. The Morgan fingerprint density at radius 2 is 2.27 bits per heavy atom. The standard InChI is InChI=1S/C13H17NO/c1-10-4-3-5-11(8-10)9-12-13(15)6-7-14(12)2/h3-5,8,12H,6-7,9H2,1-2H3. The van der Waals surface area contributed by atoms with Gasteiger partial charge in [0.2, 0.25) is 0 Å². The monoisotopic (exact) mass is 203 g/mol. The van der Waals surface area contributed by atoms with Gasteiger partial charge >= 0.3 is 0 Å². The predicted molar refractivity (Wildman–Crippen MR) is 60.9 cm³/mol. The second kappa shape index (κ2) is 4.15. The van der Waals surface area contributed by atoms with E-state index in [1.807, 2.05) is 7.05 Å². The maximum Gasteiger partial charge on any atom is 0.151 e. The minimum Gasteiger partial charge on any atom is -0.298 e. The van der Waals surface area contributed by atoms with Crippen LogP contribution in [0.25, 0.3) is 0 Å². The van der Waals surface area contributed by atoms with Crippen molar-refractivity contribution < 1.29 is 4.79 Å². The molecular formula is C13H17NO. The van der Waals surface area contributed by atoms with E-state index in [-0.39, 0.29) is 6.04 Å². The van der Waals surface area contributed by atoms with Gasteiger partial charge in [-0.05, 0) is 26.0 Å². The SMILES string of the molecule is Cc1cccc(CC2C(=O)CCN2C)c1. The van der Waals surface area contributed by atoms with E-state index in [4.69, 9.17) is 0 Å². The molecule has 2 nitrogen and oxygen atoms in total. The molecular weight excluding hydrogens is 186 g/mol. The molecule has 1 aromatic rings. The van der Waals surface area contributed by atoms with Gasteiger partial charge in [-0.15, -0.1) is 0 Å². The first-order valence-electron chi connectivity index (χ1n) is 5.45. The van der Waals surface area contributed by atoms with Crippen LogP contribution in [0, 0.1) is 6.92 Å². The third-order valence-corrected chi connectivity index (χ3v) is 3.13. The van der Waals surface area contributed by atoms with E-state index in [2.05, 4.69) is 36.1 Å². The highest BCUT2D eigenvalue weighted by Crippen LogP contribution is 2.16. The van der Waals surface area contributed by atoms with Gasteiger partial charge in [0.1, 0.15) is 0 Å². The van der Waals surface area contributed by atoms with Crippen LogP contribution in [0.1, 0.15) is 17.5 Å². The fourth-order valence-electron chi connectivity index (χ4n) is 2.19. The molecule has 2 heteroatoms. The van der Waals surface area contributed by atoms with Gasteiger partial charge in [-0.3, -0.25) is 9.69 Å². The van der Waals surface area contributed by atoms with E-state index < -0.39 is 0 Å². The Morgan fingerprint density at radius 3 is 2.87 bits per heavy atom. The van der Waals surface area contributed by atoms with Gasteiger partial charge in [0.25, 0.3) is 0 Å². The quantitative estimate of drug-likeness (QED) is 0.730. The van der Waals surface area contributed by atoms with E-state index in [0.29, 0.717) is 12.2 Å². The predicted octanol–water partition coefficient (Wildman–Crippen LogP) is 1.81. The van der Waals surface area contributed by atoms with Crippen LogP contribution in [0.5, 0.6) is 0 Å². The van der Waals surface area contributed by atoms with Crippen LogP contribution in [0.3, 0.4) is 0 Å². The summed E-state index contributed by atoms with van der Waals surface area (Å²) in [6.07, 6.45) is 1.57. The van der Waals surface area contributed by atoms with Gasteiger partial charge in [-0.1, -0.05) is 29.8 Å². The molecule has 0 amide bonds. The smallest absolute Gasteiger partial charge is 0.151 e. The number of likely N-dealkylation sites (N-methyl/N-ethyl adjacent to an activating group) is 1. The number of aryl methyl sites for hydroxylation is 1. The van der Waals surface area contributed by atoms with E-state index in [1.165, 1.54) is 11.1 Å². The summed E-state index contributed by atoms with van der Waals surface area (Å²) in [6, 6.07) is 8.52. The van der Waals surface area contributed by atoms with Crippen molar-refractivity contribution >= 4 is 5.78 Å². The number of benzene rings is 1. The average molecular weight is 203 g/mol. The molecule has 2 rings (SSSR count). The molecule has 0 aliphatic carbocycles. The number of Topliss-reactive ketones (excluding diaryl/α,β-unsaturated/α-hetero) is 1. The second-order valence-corrected chi connectivity index (χ2v) is 4.41. The maximum atomic E-state index is 11.6. The summed E-state index contributed by atoms with van der Waals surface area (Å²) >= 11 is 0. The van der Waals surface area contributed by atoms with Crippen molar-refractivity contribution in [2.75, 3.05) is 13.6 Å². The Balaban J connectivity index is 2.11. The number of ketones is 1. The highest BCUT2D eigenvalue weighted by atomic mass is 16.1. The van der Waals surface area contributed by atoms with Gasteiger partial charge in [0.15, 0.2) is 5.78 Å². The molecule has 0 radical (unpaired) electrons. The summed E-state index contributed by atoms with van der Waals surface area (Å²) in [7, 11) is 2.03. The lowest BCUT2D eigenvalue weighted by molar-refractivity contribution is -0.119. The van der Waals surface area contributed by atoms with Crippen molar-refractivity contribution in [1.29, 1.82) is 0 Å². The van der Waals surface area contributed by atoms with Crippen LogP contribution in [0.4, 0.5) is 0 Å². The van der Waals surface area contributed by atoms with Crippen molar-refractivity contribution in [2.24, 2.45) is 0 Å². The van der Waals surface area contributed by atoms with Gasteiger partial charge in [-0.25, -0.2) is 0 Å². The summed E-state index contributed by atoms with van der Waals surface area (Å²) in [5.41, 5.74) is 2.53. The molecule has 1 saturated heterocycles. The zero-order chi connectivity index (χ0) is 10.8. The summed E-state index contributed by atoms with van der Waals surface area (Å²) in [6.45, 7) is 3.00. The highest BCUT2D eigenvalue weighted by Gasteiger charge is 2.29. The van der Waals surface area contributed by atoms with Crippen LogP contribution in [0.15, 0.2) is 24.3 Å². The van der Waals surface area contributed by atoms with Crippen LogP contribution >= 0.6 is 0 Å². The molecule has 0 saturated carbocycles. The Kier molecular flexibility index (Phi) is 2.87. The Hall–Kier alpha value is -1.15. The maximum absolute atomic E-state index is 11.6. The van der Waals surface area contributed by atoms with E-state index in [0.717, 1.165) is 13.0 Å². The normalized spacial score (nSPS) is 22.3. The molecule has 1 aromatic carbocycles. The summed E-state index contributed by atoms with van der Waals surface area (Å²) in [5.74, 6) is 0.388. The van der Waals surface area contributed by atoms with Crippen molar-refractivity contribution in [3.63, 3.8) is 0 Å². The Morgan fingerprint density at radius 1 is 1.47 bits per heavy atom. The largest absolute Gasteiger partial charge is 0.298 e. The lowest BCUT2D eigenvalue weighted by Crippen LogP contribution is -2.31. The molecule has 1 heterocycles. The summed E-state index contributed by atoms with van der Waals surface area (Å²) in [5, 5.41) is 0. The topological polar surface area (TPSA) is 20.3 Å². The zero-order valence-corrected chi connectivity index (χ0v) is 9.36. The lowest BCUT2D eigenvalue weighted by Gasteiger charge is -2.17. The first-order valence-corrected chi connectivity index (χ1v) is 5.45. The molecule has 0 bridgehead atoms. The highest BCUT2D eigenvalue weighted by molar-refractivity contribution is 5.86. The number of carbonyl (C=O) groups is 1. The second-order valence-electron chi connectivity index (χ2n) is 4.41. The molecule has 80 valence electrons. The third kappa shape index (κ3) is 2.26. The molecule has 1 aliphatic rings. The number of nitrogens with zero attached hydrogens (tertiary/aromatic N) is 1. The number of carbonyl (C=O) groups excluding carboxylic acids is 1. The van der Waals surface area contributed by atoms with Gasteiger partial charge < -0.3 is 0 Å². The molecule has 1 atom stereocenters. The molecule has 0 spiro atoms. The Bertz CT molecular complexity index is 373. The Labute approximate surface area is 90.9 Å². The van der Waals surface area contributed by atoms with Crippen molar-refractivity contribution in [3.05, 3.63) is 35.4 Å². The molecule has 15 heavy (non-hydrogen) atoms. The number of hydrogen-bond donors (Lipinski definition) is 0. The first-order chi connectivity index (χ1) is 7.16. The minimum atomic E-state index is 0.104. The van der Waals surface area contributed by atoms with E-state index in [1.54, 1.807) is 0 Å². The fourth-order valence-corrected chi connectivity index (χ4v) is 2.19. The fraction of sp³-hybridized carbons (Fsp3) is 0.462. The molecule has 1 fully saturated rings. The van der Waals surface area contributed by atoms with Gasteiger partial charge in [-0.2, -0.15) is 0 Å². The number of likely N-dealkylation sites (tertiary alicyclic amines) is 1. The van der Waals surface area contributed by atoms with Crippen LogP contribution in [-0.2, 0) is 11.2 Å². The summed E-state index contributed by atoms with van der Waals surface area (Å²) < 4.78 is 0. The minimum absolute atomic E-state index is 0.104. The van der Waals surface area contributed by atoms with E-state index in [9.17, 15) is 4.79 Å². The van der Waals surface area contributed by atoms with Gasteiger partial charge in [0.05, 0.1) is 6.04 Å². The van der Waals surface area contributed by atoms with Crippen LogP contribution in [-0.4, -0.2) is 30.3 Å². The van der Waals surface area contributed by atoms with Crippen molar-refractivity contribution in [1.82, 2.24) is 4.90 Å². The molecule has 0 aromatic heterocycles. The lowest BCUT2D eigenvalue weighted by atomic mass is 10.0. The van der Waals surface area contributed by atoms with E-state index >= 15 is 0 Å². The van der Waals surface area contributed by atoms with Gasteiger partial charge in [0, 0.05) is 13.0 Å². The van der Waals surface area contributed by atoms with Crippen molar-refractivity contribution in [2.45, 2.75) is 25.8 Å². The third-order valence-electron chi connectivity index (χ3n) is 3.13. The zero-order valence-electron chi connectivity index (χ0n) is 9.36. The molecule has 1 unspecified atom stereocenters. The van der Waals surface area contributed by atoms with Crippen LogP contribution in [0.2, 0.25) is 0 Å². The average Bonchev–Trinajstić information content (AvgIpc) is 2.50. The van der Waals surface area contributed by atoms with Crippen molar-refractivity contribution in [3.8, 4) is 0 Å². The van der Waals surface area contributed by atoms with Crippen LogP contribution < -0.4 is 0 Å². The number of hydrogen-bond acceptors (Lipinski definition) is 2. The summed E-state index contributed by atoms with van der Waals surface area (Å²) in [4.78, 5) is 13.8.